The summed E-state index contributed by atoms with van der Waals surface area (Å²) in [4.78, 5) is 9.72. The Hall–Kier alpha value is -1.41. The van der Waals surface area contributed by atoms with Crippen molar-refractivity contribution in [1.29, 1.82) is 0 Å². The summed E-state index contributed by atoms with van der Waals surface area (Å²) in [6, 6.07) is 0. The van der Waals surface area contributed by atoms with Crippen LogP contribution >= 0.6 is 0 Å². The minimum absolute atomic E-state index is 0.703. The van der Waals surface area contributed by atoms with Crippen molar-refractivity contribution in [3.63, 3.8) is 0 Å². The lowest BCUT2D eigenvalue weighted by molar-refractivity contribution is -0.130. The number of hydrogen-bond acceptors (Lipinski definition) is 1. The Balaban J connectivity index is 3.76. The van der Waals surface area contributed by atoms with Crippen LogP contribution in [0.2, 0.25) is 0 Å². The van der Waals surface area contributed by atoms with Crippen LogP contribution in [-0.2, 0) is 4.79 Å². The molecule has 0 amide bonds. The molecule has 0 unspecified atom stereocenters. The third-order valence-corrected chi connectivity index (χ3v) is 0.497. The summed E-state index contributed by atoms with van der Waals surface area (Å²) in [5.41, 5.74) is 0. The number of carboxylic acid groups (broad SMARTS) is 1. The Morgan fingerprint density at radius 2 is 2.22 bits per heavy atom. The van der Waals surface area contributed by atoms with Crippen LogP contribution in [0.3, 0.4) is 0 Å². The molecule has 0 aliphatic rings. The summed E-state index contributed by atoms with van der Waals surface area (Å²) in [6.45, 7) is 1.87. The number of carbonyl (C=O) groups is 1. The minimum Gasteiger partial charge on any atom is -0.472 e. The van der Waals surface area contributed by atoms with Crippen molar-refractivity contribution in [2.24, 2.45) is 0 Å². The van der Waals surface area contributed by atoms with Crippen LogP contribution in [0.1, 0.15) is 13.3 Å². The number of carboxylic acids is 1. The fourth-order valence-corrected chi connectivity index (χ4v) is 0.217. The molecule has 0 aromatic carbocycles. The van der Waals surface area contributed by atoms with Gasteiger partial charge in [-0.05, 0) is 11.8 Å². The van der Waals surface area contributed by atoms with Gasteiger partial charge < -0.3 is 5.11 Å². The van der Waals surface area contributed by atoms with Gasteiger partial charge in [0.1, 0.15) is 0 Å². The Kier molecular flexibility index (Phi) is 4.00. The van der Waals surface area contributed by atoms with E-state index in [4.69, 9.17) is 5.11 Å². The van der Waals surface area contributed by atoms with Gasteiger partial charge in [0.15, 0.2) is 0 Å². The average molecular weight is 122 g/mol. The maximum Gasteiger partial charge on any atom is 0.382 e. The van der Waals surface area contributed by atoms with E-state index in [2.05, 4.69) is 17.8 Å². The molecule has 0 heterocycles. The first kappa shape index (κ1) is 7.59. The largest absolute Gasteiger partial charge is 0.472 e. The molecule has 1 N–H and O–H groups in total. The Bertz CT molecular complexity index is 207. The van der Waals surface area contributed by atoms with Crippen molar-refractivity contribution in [1.82, 2.24) is 0 Å². The monoisotopic (exact) mass is 122 g/mol. The quantitative estimate of drug-likeness (QED) is 0.475. The number of aliphatic carboxylic acids is 1. The van der Waals surface area contributed by atoms with Crippen molar-refractivity contribution < 1.29 is 9.90 Å². The van der Waals surface area contributed by atoms with Crippen LogP contribution in [0, 0.1) is 23.7 Å². The van der Waals surface area contributed by atoms with Crippen LogP contribution in [0.5, 0.6) is 0 Å². The Morgan fingerprint density at radius 1 is 1.56 bits per heavy atom. The van der Waals surface area contributed by atoms with E-state index in [1.54, 1.807) is 0 Å². The van der Waals surface area contributed by atoms with E-state index >= 15 is 0 Å². The van der Waals surface area contributed by atoms with Gasteiger partial charge in [0.05, 0.1) is 0 Å². The molecule has 0 fully saturated rings. The second kappa shape index (κ2) is 4.74. The fourth-order valence-electron chi connectivity index (χ4n) is 0.217. The minimum atomic E-state index is -1.14. The number of rotatable bonds is 0. The zero-order valence-corrected chi connectivity index (χ0v) is 5.06. The molecule has 0 radical (unpaired) electrons. The molecule has 0 bridgehead atoms. The highest BCUT2D eigenvalue weighted by atomic mass is 16.4. The lowest BCUT2D eigenvalue weighted by atomic mass is 10.4. The molecule has 0 aromatic rings. The summed E-state index contributed by atoms with van der Waals surface area (Å²) >= 11 is 0. The summed E-state index contributed by atoms with van der Waals surface area (Å²) in [6.07, 6.45) is 0.703. The predicted octanol–water partition coefficient (Wildman–Crippen LogP) is 0.488. The van der Waals surface area contributed by atoms with Gasteiger partial charge >= 0.3 is 5.97 Å². The van der Waals surface area contributed by atoms with Crippen LogP contribution in [0.25, 0.3) is 0 Å². The first-order valence-corrected chi connectivity index (χ1v) is 2.49. The molecule has 9 heavy (non-hydrogen) atoms. The summed E-state index contributed by atoms with van der Waals surface area (Å²) in [7, 11) is 0. The van der Waals surface area contributed by atoms with E-state index in [0.29, 0.717) is 6.42 Å². The highest BCUT2D eigenvalue weighted by molar-refractivity contribution is 5.87. The molecule has 0 aliphatic carbocycles. The molecule has 0 saturated heterocycles. The van der Waals surface area contributed by atoms with E-state index < -0.39 is 5.97 Å². The standard InChI is InChI=1S/C7H6O2/c1-2-3-4-5-6-7(8)9/h2H2,1H3,(H,8,9). The molecule has 0 spiro atoms. The summed E-state index contributed by atoms with van der Waals surface area (Å²) in [5, 5.41) is 7.97. The second-order valence-electron chi connectivity index (χ2n) is 1.21. The molecule has 0 rings (SSSR count). The molecular formula is C7H6O2. The predicted molar refractivity (Wildman–Crippen MR) is 33.5 cm³/mol. The van der Waals surface area contributed by atoms with E-state index in [0.717, 1.165) is 0 Å². The molecular weight excluding hydrogens is 116 g/mol. The van der Waals surface area contributed by atoms with Crippen LogP contribution in [0.15, 0.2) is 0 Å². The molecule has 0 atom stereocenters. The van der Waals surface area contributed by atoms with Crippen LogP contribution in [0.4, 0.5) is 0 Å². The fraction of sp³-hybridized carbons (Fsp3) is 0.286. The summed E-state index contributed by atoms with van der Waals surface area (Å²) < 4.78 is 0. The molecule has 2 heteroatoms. The second-order valence-corrected chi connectivity index (χ2v) is 1.21. The highest BCUT2D eigenvalue weighted by Crippen LogP contribution is 1.64. The average Bonchev–Trinajstić information content (AvgIpc) is 1.80. The lowest BCUT2D eigenvalue weighted by Gasteiger charge is -1.65. The Labute approximate surface area is 53.9 Å². The summed E-state index contributed by atoms with van der Waals surface area (Å²) in [5.74, 6) is 7.90. The van der Waals surface area contributed by atoms with Crippen molar-refractivity contribution >= 4 is 5.97 Å². The van der Waals surface area contributed by atoms with Crippen molar-refractivity contribution in [2.75, 3.05) is 0 Å². The van der Waals surface area contributed by atoms with Crippen LogP contribution in [-0.4, -0.2) is 11.1 Å². The smallest absolute Gasteiger partial charge is 0.382 e. The van der Waals surface area contributed by atoms with Gasteiger partial charge in [0.2, 0.25) is 0 Å². The lowest BCUT2D eigenvalue weighted by Crippen LogP contribution is -1.85. The van der Waals surface area contributed by atoms with Crippen molar-refractivity contribution in [3.05, 3.63) is 0 Å². The van der Waals surface area contributed by atoms with Gasteiger partial charge in [0.25, 0.3) is 0 Å². The Morgan fingerprint density at radius 3 is 2.67 bits per heavy atom. The molecule has 46 valence electrons. The third-order valence-electron chi connectivity index (χ3n) is 0.497. The molecule has 0 aromatic heterocycles. The van der Waals surface area contributed by atoms with Gasteiger partial charge in [0, 0.05) is 12.3 Å². The maximum atomic E-state index is 9.72. The third kappa shape index (κ3) is 6.59. The SMILES string of the molecule is CCC#CC#CC(=O)O. The zero-order chi connectivity index (χ0) is 7.11. The zero-order valence-electron chi connectivity index (χ0n) is 5.06. The first-order valence-electron chi connectivity index (χ1n) is 2.49. The van der Waals surface area contributed by atoms with Gasteiger partial charge in [-0.3, -0.25) is 0 Å². The number of hydrogen-bond donors (Lipinski definition) is 1. The van der Waals surface area contributed by atoms with Crippen LogP contribution < -0.4 is 0 Å². The van der Waals surface area contributed by atoms with E-state index in [1.165, 1.54) is 0 Å². The normalized spacial score (nSPS) is 5.89. The van der Waals surface area contributed by atoms with Gasteiger partial charge in [-0.15, -0.1) is 0 Å². The van der Waals surface area contributed by atoms with Gasteiger partial charge in [-0.25, -0.2) is 4.79 Å². The van der Waals surface area contributed by atoms with Crippen molar-refractivity contribution in [3.8, 4) is 23.7 Å². The first-order chi connectivity index (χ1) is 4.27. The van der Waals surface area contributed by atoms with E-state index in [-0.39, 0.29) is 0 Å². The molecule has 0 aliphatic heterocycles. The van der Waals surface area contributed by atoms with Crippen molar-refractivity contribution in [2.45, 2.75) is 13.3 Å². The maximum absolute atomic E-state index is 9.72. The van der Waals surface area contributed by atoms with Gasteiger partial charge in [-0.2, -0.15) is 0 Å². The highest BCUT2D eigenvalue weighted by Gasteiger charge is 1.78. The molecule has 2 nitrogen and oxygen atoms in total. The molecule has 0 saturated carbocycles. The van der Waals surface area contributed by atoms with E-state index in [9.17, 15) is 4.79 Å². The van der Waals surface area contributed by atoms with Gasteiger partial charge in [-0.1, -0.05) is 12.8 Å². The topological polar surface area (TPSA) is 37.3 Å². The van der Waals surface area contributed by atoms with E-state index in [1.807, 2.05) is 12.8 Å².